The quantitative estimate of drug-likeness (QED) is 0.464. The third-order valence-corrected chi connectivity index (χ3v) is 1.56. The molecule has 2 amide bonds. The second-order valence-electron chi connectivity index (χ2n) is 2.53. The molecule has 14 heavy (non-hydrogen) atoms. The SMILES string of the molecule is CNC(=O)NCc1c[nH]c(=O)[nH]c1=O. The van der Waals surface area contributed by atoms with Gasteiger partial charge in [-0.25, -0.2) is 9.59 Å². The second-order valence-corrected chi connectivity index (χ2v) is 2.53. The van der Waals surface area contributed by atoms with Crippen LogP contribution < -0.4 is 21.9 Å². The molecule has 0 fully saturated rings. The van der Waals surface area contributed by atoms with E-state index >= 15 is 0 Å². The zero-order chi connectivity index (χ0) is 10.6. The first-order valence-electron chi connectivity index (χ1n) is 3.90. The standard InChI is InChI=1S/C7H10N4O3/c1-8-6(13)9-2-4-3-10-7(14)11-5(4)12/h3H,2H2,1H3,(H2,8,9,13)(H2,10,11,12,14). The average Bonchev–Trinajstić information content (AvgIpc) is 2.16. The minimum atomic E-state index is -0.571. The Morgan fingerprint density at radius 1 is 1.50 bits per heavy atom. The summed E-state index contributed by atoms with van der Waals surface area (Å²) in [6, 6.07) is -0.393. The molecule has 0 aliphatic rings. The number of amides is 2. The summed E-state index contributed by atoms with van der Waals surface area (Å²) in [5.74, 6) is 0. The molecule has 0 saturated heterocycles. The first-order chi connectivity index (χ1) is 6.63. The van der Waals surface area contributed by atoms with E-state index in [-0.39, 0.29) is 12.1 Å². The van der Waals surface area contributed by atoms with Crippen LogP contribution in [-0.4, -0.2) is 23.0 Å². The third kappa shape index (κ3) is 2.47. The summed E-state index contributed by atoms with van der Waals surface area (Å²) in [6.07, 6.45) is 1.26. The fourth-order valence-corrected chi connectivity index (χ4v) is 0.833. The van der Waals surface area contributed by atoms with E-state index in [1.807, 2.05) is 4.98 Å². The molecule has 1 rings (SSSR count). The van der Waals surface area contributed by atoms with E-state index in [1.54, 1.807) is 0 Å². The smallest absolute Gasteiger partial charge is 0.325 e. The Morgan fingerprint density at radius 2 is 2.21 bits per heavy atom. The summed E-state index contributed by atoms with van der Waals surface area (Å²) in [5, 5.41) is 4.75. The van der Waals surface area contributed by atoms with E-state index in [1.165, 1.54) is 13.2 Å². The summed E-state index contributed by atoms with van der Waals surface area (Å²) < 4.78 is 0. The van der Waals surface area contributed by atoms with Crippen LogP contribution in [0.2, 0.25) is 0 Å². The van der Waals surface area contributed by atoms with Crippen molar-refractivity contribution in [1.82, 2.24) is 20.6 Å². The molecule has 0 atom stereocenters. The summed E-state index contributed by atoms with van der Waals surface area (Å²) in [7, 11) is 1.46. The Kier molecular flexibility index (Phi) is 3.05. The zero-order valence-corrected chi connectivity index (χ0v) is 7.51. The number of hydrogen-bond acceptors (Lipinski definition) is 3. The first-order valence-corrected chi connectivity index (χ1v) is 3.90. The maximum absolute atomic E-state index is 11.1. The molecule has 0 aliphatic heterocycles. The number of aromatic nitrogens is 2. The Hall–Kier alpha value is -2.05. The van der Waals surface area contributed by atoms with Crippen molar-refractivity contribution in [3.05, 3.63) is 32.6 Å². The number of hydrogen-bond donors (Lipinski definition) is 4. The van der Waals surface area contributed by atoms with Crippen LogP contribution in [0.25, 0.3) is 0 Å². The number of carbonyl (C=O) groups is 1. The highest BCUT2D eigenvalue weighted by Gasteiger charge is 2.01. The highest BCUT2D eigenvalue weighted by Crippen LogP contribution is 1.82. The fourth-order valence-electron chi connectivity index (χ4n) is 0.833. The maximum Gasteiger partial charge on any atom is 0.325 e. The van der Waals surface area contributed by atoms with E-state index < -0.39 is 17.3 Å². The molecule has 1 aromatic rings. The lowest BCUT2D eigenvalue weighted by molar-refractivity contribution is 0.242. The lowest BCUT2D eigenvalue weighted by atomic mass is 10.3. The molecular formula is C7H10N4O3. The molecule has 0 spiro atoms. The minimum Gasteiger partial charge on any atom is -0.341 e. The van der Waals surface area contributed by atoms with Gasteiger partial charge in [0.1, 0.15) is 0 Å². The molecule has 0 unspecified atom stereocenters. The number of carbonyl (C=O) groups excluding carboxylic acids is 1. The number of aromatic amines is 2. The van der Waals surface area contributed by atoms with Crippen molar-refractivity contribution in [1.29, 1.82) is 0 Å². The lowest BCUT2D eigenvalue weighted by Gasteiger charge is -2.02. The number of H-pyrrole nitrogens is 2. The van der Waals surface area contributed by atoms with Gasteiger partial charge in [0.25, 0.3) is 5.56 Å². The number of nitrogens with one attached hydrogen (secondary N) is 4. The van der Waals surface area contributed by atoms with Crippen molar-refractivity contribution < 1.29 is 4.79 Å². The molecule has 0 bridgehead atoms. The lowest BCUT2D eigenvalue weighted by Crippen LogP contribution is -2.35. The molecule has 0 aliphatic carbocycles. The van der Waals surface area contributed by atoms with Gasteiger partial charge in [-0.1, -0.05) is 0 Å². The number of rotatable bonds is 2. The molecule has 0 aromatic carbocycles. The van der Waals surface area contributed by atoms with Gasteiger partial charge in [0, 0.05) is 13.2 Å². The fraction of sp³-hybridized carbons (Fsp3) is 0.286. The largest absolute Gasteiger partial charge is 0.341 e. The zero-order valence-electron chi connectivity index (χ0n) is 7.51. The van der Waals surface area contributed by atoms with Gasteiger partial charge >= 0.3 is 11.7 Å². The van der Waals surface area contributed by atoms with Crippen LogP contribution in [0, 0.1) is 0 Å². The first kappa shape index (κ1) is 10.0. The Morgan fingerprint density at radius 3 is 2.79 bits per heavy atom. The molecule has 4 N–H and O–H groups in total. The maximum atomic E-state index is 11.1. The van der Waals surface area contributed by atoms with Crippen molar-refractivity contribution in [2.24, 2.45) is 0 Å². The van der Waals surface area contributed by atoms with E-state index in [0.717, 1.165) is 0 Å². The Bertz CT molecular complexity index is 433. The van der Waals surface area contributed by atoms with Crippen molar-refractivity contribution in [2.45, 2.75) is 6.54 Å². The summed E-state index contributed by atoms with van der Waals surface area (Å²) >= 11 is 0. The van der Waals surface area contributed by atoms with Crippen LogP contribution in [0.4, 0.5) is 4.79 Å². The molecule has 7 heteroatoms. The second kappa shape index (κ2) is 4.26. The van der Waals surface area contributed by atoms with Crippen LogP contribution in [0.15, 0.2) is 15.8 Å². The van der Waals surface area contributed by atoms with E-state index in [9.17, 15) is 14.4 Å². The van der Waals surface area contributed by atoms with Crippen molar-refractivity contribution in [3.63, 3.8) is 0 Å². The van der Waals surface area contributed by atoms with Crippen LogP contribution in [0.1, 0.15) is 5.56 Å². The Balaban J connectivity index is 2.73. The molecule has 0 radical (unpaired) electrons. The topological polar surface area (TPSA) is 107 Å². The summed E-state index contributed by atoms with van der Waals surface area (Å²) in [6.45, 7) is 0.0613. The monoisotopic (exact) mass is 198 g/mol. The molecule has 0 saturated carbocycles. The third-order valence-electron chi connectivity index (χ3n) is 1.56. The van der Waals surface area contributed by atoms with Gasteiger partial charge in [-0.3, -0.25) is 9.78 Å². The van der Waals surface area contributed by atoms with Gasteiger partial charge in [-0.2, -0.15) is 0 Å². The highest BCUT2D eigenvalue weighted by atomic mass is 16.2. The van der Waals surface area contributed by atoms with Gasteiger partial charge < -0.3 is 15.6 Å². The average molecular weight is 198 g/mol. The summed E-state index contributed by atoms with van der Waals surface area (Å²) in [5.41, 5.74) is -0.794. The van der Waals surface area contributed by atoms with E-state index in [0.29, 0.717) is 0 Å². The van der Waals surface area contributed by atoms with Gasteiger partial charge in [-0.15, -0.1) is 0 Å². The molecular weight excluding hydrogens is 188 g/mol. The van der Waals surface area contributed by atoms with Crippen LogP contribution in [-0.2, 0) is 6.54 Å². The predicted molar refractivity (Wildman–Crippen MR) is 49.0 cm³/mol. The van der Waals surface area contributed by atoms with Gasteiger partial charge in [0.2, 0.25) is 0 Å². The van der Waals surface area contributed by atoms with Crippen molar-refractivity contribution in [2.75, 3.05) is 7.05 Å². The van der Waals surface area contributed by atoms with E-state index in [4.69, 9.17) is 0 Å². The Labute approximate surface area is 78.5 Å². The molecule has 7 nitrogen and oxygen atoms in total. The normalized spacial score (nSPS) is 9.50. The van der Waals surface area contributed by atoms with Crippen LogP contribution in [0.5, 0.6) is 0 Å². The molecule has 1 aromatic heterocycles. The molecule has 76 valence electrons. The number of urea groups is 1. The van der Waals surface area contributed by atoms with E-state index in [2.05, 4.69) is 15.6 Å². The predicted octanol–water partition coefficient (Wildman–Crippen LogP) is -1.51. The highest BCUT2D eigenvalue weighted by molar-refractivity contribution is 5.73. The van der Waals surface area contributed by atoms with Crippen LogP contribution >= 0.6 is 0 Å². The van der Waals surface area contributed by atoms with Crippen LogP contribution in [0.3, 0.4) is 0 Å². The minimum absolute atomic E-state index is 0.0613. The van der Waals surface area contributed by atoms with Gasteiger partial charge in [0.15, 0.2) is 0 Å². The van der Waals surface area contributed by atoms with Crippen molar-refractivity contribution >= 4 is 6.03 Å². The van der Waals surface area contributed by atoms with Crippen molar-refractivity contribution in [3.8, 4) is 0 Å². The van der Waals surface area contributed by atoms with Gasteiger partial charge in [-0.05, 0) is 0 Å². The summed E-state index contributed by atoms with van der Waals surface area (Å²) in [4.78, 5) is 36.8. The van der Waals surface area contributed by atoms with Gasteiger partial charge in [0.05, 0.1) is 12.1 Å². The molecule has 1 heterocycles.